The fourth-order valence-corrected chi connectivity index (χ4v) is 10.8. The van der Waals surface area contributed by atoms with Gasteiger partial charge in [-0.3, -0.25) is 4.79 Å². The molecule has 0 amide bonds. The average Bonchev–Trinajstić information content (AvgIpc) is 3.71. The van der Waals surface area contributed by atoms with Crippen LogP contribution < -0.4 is 11.1 Å². The van der Waals surface area contributed by atoms with Gasteiger partial charge in [0.25, 0.3) is 0 Å². The Bertz CT molecular complexity index is 1400. The van der Waals surface area contributed by atoms with Crippen molar-refractivity contribution in [1.29, 1.82) is 0 Å². The third-order valence-corrected chi connectivity index (χ3v) is 13.6. The summed E-state index contributed by atoms with van der Waals surface area (Å²) in [6.45, 7) is 9.74. The number of nitrogens with two attached hydrogens (primary N) is 1. The zero-order valence-corrected chi connectivity index (χ0v) is 33.3. The third-order valence-electron chi connectivity index (χ3n) is 13.6. The predicted molar refractivity (Wildman–Crippen MR) is 214 cm³/mol. The summed E-state index contributed by atoms with van der Waals surface area (Å²) in [4.78, 5) is 16.6. The molecule has 298 valence electrons. The van der Waals surface area contributed by atoms with Crippen molar-refractivity contribution in [2.45, 2.75) is 166 Å². The summed E-state index contributed by atoms with van der Waals surface area (Å²) in [6, 6.07) is 2.33. The van der Waals surface area contributed by atoms with Gasteiger partial charge >= 0.3 is 5.97 Å². The van der Waals surface area contributed by atoms with Crippen LogP contribution in [0.1, 0.15) is 160 Å². The van der Waals surface area contributed by atoms with E-state index < -0.39 is 23.6 Å². The highest BCUT2D eigenvalue weighted by molar-refractivity contribution is 5.71. The smallest absolute Gasteiger partial charge is 0.309 e. The highest BCUT2D eigenvalue weighted by Crippen LogP contribution is 2.54. The number of H-pyrrole nitrogens is 1. The number of hydrogen-bond acceptors (Lipinski definition) is 6. The number of allylic oxidation sites excluding steroid dienone is 3. The van der Waals surface area contributed by atoms with Crippen LogP contribution in [0.25, 0.3) is 0 Å². The summed E-state index contributed by atoms with van der Waals surface area (Å²) >= 11 is 0. The second-order valence-corrected chi connectivity index (χ2v) is 18.2. The van der Waals surface area contributed by atoms with Gasteiger partial charge in [-0.05, 0) is 136 Å². The van der Waals surface area contributed by atoms with Gasteiger partial charge in [-0.15, -0.1) is 0 Å². The number of aliphatic hydroxyl groups is 3. The van der Waals surface area contributed by atoms with E-state index in [9.17, 15) is 25.2 Å². The maximum absolute atomic E-state index is 12.9. The Hall–Kier alpha value is -2.55. The highest BCUT2D eigenvalue weighted by Gasteiger charge is 2.51. The number of carbonyl (C=O) groups is 1. The van der Waals surface area contributed by atoms with Crippen molar-refractivity contribution < 1.29 is 25.2 Å². The first-order valence-electron chi connectivity index (χ1n) is 21.4. The Morgan fingerprint density at radius 2 is 1.77 bits per heavy atom. The van der Waals surface area contributed by atoms with Crippen LogP contribution in [0, 0.1) is 41.4 Å². The van der Waals surface area contributed by atoms with Gasteiger partial charge < -0.3 is 36.5 Å². The van der Waals surface area contributed by atoms with E-state index in [4.69, 9.17) is 5.73 Å². The zero-order valence-electron chi connectivity index (χ0n) is 33.3. The highest BCUT2D eigenvalue weighted by atomic mass is 16.4. The lowest BCUT2D eigenvalue weighted by atomic mass is 9.69. The minimum Gasteiger partial charge on any atom is -0.481 e. The Morgan fingerprint density at radius 1 is 1.00 bits per heavy atom. The molecule has 5 rings (SSSR count). The molecule has 4 aliphatic rings. The average molecular weight is 736 g/mol. The molecule has 0 spiro atoms. The summed E-state index contributed by atoms with van der Waals surface area (Å²) in [7, 11) is 0. The fraction of sp³-hybridized carbons (Fsp3) is 0.756. The van der Waals surface area contributed by atoms with Gasteiger partial charge in [0.05, 0.1) is 29.5 Å². The van der Waals surface area contributed by atoms with E-state index in [1.54, 1.807) is 0 Å². The van der Waals surface area contributed by atoms with Crippen LogP contribution in [0.2, 0.25) is 0 Å². The second kappa shape index (κ2) is 19.4. The lowest BCUT2D eigenvalue weighted by molar-refractivity contribution is -0.150. The summed E-state index contributed by atoms with van der Waals surface area (Å²) in [5.74, 6) is 0.702. The first kappa shape index (κ1) is 41.6. The normalized spacial score (nSPS) is 34.2. The number of rotatable bonds is 16. The molecule has 8 nitrogen and oxygen atoms in total. The Morgan fingerprint density at radius 3 is 2.49 bits per heavy atom. The first-order chi connectivity index (χ1) is 25.4. The summed E-state index contributed by atoms with van der Waals surface area (Å²) < 4.78 is 0. The number of dihydropyridines is 1. The number of carboxylic acids is 1. The molecular weight excluding hydrogens is 663 g/mol. The molecule has 53 heavy (non-hydrogen) atoms. The summed E-state index contributed by atoms with van der Waals surface area (Å²) in [5, 5.41) is 48.8. The van der Waals surface area contributed by atoms with Crippen LogP contribution in [-0.4, -0.2) is 55.7 Å². The molecule has 0 bridgehead atoms. The molecule has 3 aliphatic carbocycles. The molecule has 2 saturated carbocycles. The van der Waals surface area contributed by atoms with E-state index in [1.807, 2.05) is 6.08 Å². The van der Waals surface area contributed by atoms with E-state index in [2.05, 4.69) is 68.5 Å². The largest absolute Gasteiger partial charge is 0.481 e. The number of aliphatic carboxylic acids is 1. The van der Waals surface area contributed by atoms with E-state index in [0.29, 0.717) is 49.4 Å². The number of carboxylic acid groups (broad SMARTS) is 1. The number of aromatic nitrogens is 1. The van der Waals surface area contributed by atoms with Crippen LogP contribution in [0.15, 0.2) is 48.0 Å². The van der Waals surface area contributed by atoms with Crippen LogP contribution in [0.3, 0.4) is 0 Å². The van der Waals surface area contributed by atoms with Gasteiger partial charge in [0.2, 0.25) is 0 Å². The van der Waals surface area contributed by atoms with Crippen LogP contribution in [0.4, 0.5) is 0 Å². The molecule has 2 fully saturated rings. The van der Waals surface area contributed by atoms with Crippen molar-refractivity contribution in [3.63, 3.8) is 0 Å². The zero-order chi connectivity index (χ0) is 38.1. The first-order valence-corrected chi connectivity index (χ1v) is 21.4. The number of aliphatic hydroxyl groups excluding tert-OH is 2. The molecule has 2 heterocycles. The van der Waals surface area contributed by atoms with Crippen LogP contribution in [-0.2, 0) is 4.79 Å². The molecule has 8 N–H and O–H groups in total. The molecule has 0 unspecified atom stereocenters. The minimum absolute atomic E-state index is 0.00245. The lowest BCUT2D eigenvalue weighted by Crippen LogP contribution is -2.42. The standard InChI is InChI=1S/C45H73N3O5/c1-5-6-7-10-31-13-14-34(41(50)24-31)11-8-9-12-35-15-16-37(39-26-36(28-48-39)30(4)21-29(2)3)38-23-33(22-32-18-20-47-42(46)25-32)27-45(38,53)19-17-40(49)43(35)44(51)52/h13-14,18,25-26,28-31,33-35,37-38,40-41,43,47-50,53H,5-12,15-17,19-24,27,46H2,1-4H3,(H,51,52)/t30-,31-,33+,34-,35+,37-,38+,40+,41-,43+,45+/m1/s1. The van der Waals surface area contributed by atoms with Gasteiger partial charge in [-0.2, -0.15) is 0 Å². The molecule has 1 aliphatic heterocycles. The van der Waals surface area contributed by atoms with Crippen molar-refractivity contribution in [2.75, 3.05) is 6.54 Å². The number of fused-ring (bicyclic) bond motifs is 1. The van der Waals surface area contributed by atoms with Crippen molar-refractivity contribution in [3.8, 4) is 0 Å². The van der Waals surface area contributed by atoms with Crippen LogP contribution >= 0.6 is 0 Å². The summed E-state index contributed by atoms with van der Waals surface area (Å²) in [5.41, 5.74) is 8.78. The van der Waals surface area contributed by atoms with Crippen LogP contribution in [0.5, 0.6) is 0 Å². The maximum atomic E-state index is 12.9. The lowest BCUT2D eigenvalue weighted by Gasteiger charge is -2.39. The van der Waals surface area contributed by atoms with Crippen molar-refractivity contribution in [1.82, 2.24) is 10.3 Å². The Kier molecular flexibility index (Phi) is 15.2. The van der Waals surface area contributed by atoms with E-state index >= 15 is 0 Å². The Labute approximate surface area is 320 Å². The molecule has 0 saturated heterocycles. The van der Waals surface area contributed by atoms with Gasteiger partial charge in [-0.25, -0.2) is 0 Å². The number of hydrogen-bond donors (Lipinski definition) is 7. The molecule has 0 radical (unpaired) electrons. The van der Waals surface area contributed by atoms with Crippen molar-refractivity contribution >= 4 is 5.97 Å². The fourth-order valence-electron chi connectivity index (χ4n) is 10.8. The topological polar surface area (TPSA) is 152 Å². The molecule has 11 atom stereocenters. The predicted octanol–water partition coefficient (Wildman–Crippen LogP) is 8.67. The van der Waals surface area contributed by atoms with Crippen molar-refractivity contribution in [3.05, 3.63) is 59.2 Å². The number of unbranched alkanes of at least 4 members (excludes halogenated alkanes) is 3. The van der Waals surface area contributed by atoms with E-state index in [0.717, 1.165) is 69.9 Å². The monoisotopic (exact) mass is 736 g/mol. The minimum atomic E-state index is -1.01. The van der Waals surface area contributed by atoms with Gasteiger partial charge in [0.15, 0.2) is 0 Å². The summed E-state index contributed by atoms with van der Waals surface area (Å²) in [6.07, 6.45) is 24.3. The third kappa shape index (κ3) is 11.3. The maximum Gasteiger partial charge on any atom is 0.309 e. The number of aromatic amines is 1. The molecular formula is C45H73N3O5. The second-order valence-electron chi connectivity index (χ2n) is 18.2. The van der Waals surface area contributed by atoms with E-state index in [1.165, 1.54) is 30.4 Å². The van der Waals surface area contributed by atoms with Gasteiger partial charge in [0.1, 0.15) is 0 Å². The molecule has 8 heteroatoms. The van der Waals surface area contributed by atoms with E-state index in [-0.39, 0.29) is 42.1 Å². The van der Waals surface area contributed by atoms with Gasteiger partial charge in [0, 0.05) is 30.3 Å². The quantitative estimate of drug-likeness (QED) is 0.0663. The van der Waals surface area contributed by atoms with Gasteiger partial charge in [-0.1, -0.05) is 78.0 Å². The number of nitrogens with one attached hydrogen (secondary N) is 2. The SMILES string of the molecule is CCCCC[C@@H]1C=C[C@@H](CCCC[C@H]2CC[C@@H](c3cc([C@H](C)CC(C)C)c[nH]3)[C@@H]3C[C@H](CC4=CCNC(N)=C4)C[C@@]3(O)CC[C@H](O)[C@H]2C(=O)O)[C@H](O)C1. The Balaban J connectivity index is 1.33. The molecule has 1 aromatic heterocycles. The van der Waals surface area contributed by atoms with Crippen molar-refractivity contribution in [2.24, 2.45) is 47.2 Å². The molecule has 1 aromatic rings. The molecule has 0 aromatic carbocycles.